The van der Waals surface area contributed by atoms with E-state index in [0.29, 0.717) is 44.2 Å². The smallest absolute Gasteiger partial charge is 0.223 e. The van der Waals surface area contributed by atoms with Crippen molar-refractivity contribution in [2.75, 3.05) is 31.1 Å². The Morgan fingerprint density at radius 3 is 2.38 bits per heavy atom. The lowest BCUT2D eigenvalue weighted by atomic mass is 9.99. The van der Waals surface area contributed by atoms with Crippen molar-refractivity contribution < 1.29 is 9.18 Å². The molecule has 1 heterocycles. The Bertz CT molecular complexity index is 538. The van der Waals surface area contributed by atoms with Gasteiger partial charge in [-0.3, -0.25) is 4.79 Å². The molecular formula is C17H26Cl2FN3O. The van der Waals surface area contributed by atoms with E-state index in [9.17, 15) is 9.18 Å². The molecule has 2 fully saturated rings. The Hall–Kier alpha value is -1.04. The third kappa shape index (κ3) is 4.74. The first-order valence-corrected chi connectivity index (χ1v) is 8.18. The number of hydrogen-bond donors (Lipinski definition) is 1. The van der Waals surface area contributed by atoms with E-state index in [0.717, 1.165) is 19.3 Å². The quantitative estimate of drug-likeness (QED) is 0.880. The van der Waals surface area contributed by atoms with Gasteiger partial charge in [-0.05, 0) is 30.9 Å². The van der Waals surface area contributed by atoms with Crippen LogP contribution in [0.15, 0.2) is 24.3 Å². The molecule has 24 heavy (non-hydrogen) atoms. The largest absolute Gasteiger partial charge is 0.366 e. The zero-order chi connectivity index (χ0) is 15.5. The zero-order valence-corrected chi connectivity index (χ0v) is 15.3. The molecular weight excluding hydrogens is 352 g/mol. The lowest BCUT2D eigenvalue weighted by molar-refractivity contribution is -0.132. The first kappa shape index (κ1) is 21.0. The molecule has 0 unspecified atom stereocenters. The first-order valence-electron chi connectivity index (χ1n) is 8.18. The zero-order valence-electron chi connectivity index (χ0n) is 13.7. The fourth-order valence-electron chi connectivity index (χ4n) is 3.58. The van der Waals surface area contributed by atoms with Gasteiger partial charge in [-0.1, -0.05) is 18.6 Å². The molecule has 1 amide bonds. The Morgan fingerprint density at radius 2 is 1.79 bits per heavy atom. The highest BCUT2D eigenvalue weighted by Crippen LogP contribution is 2.28. The number of anilines is 1. The molecule has 2 N–H and O–H groups in total. The number of piperazine rings is 1. The van der Waals surface area contributed by atoms with Crippen molar-refractivity contribution in [2.45, 2.75) is 31.7 Å². The molecule has 1 aliphatic carbocycles. The average Bonchev–Trinajstić information content (AvgIpc) is 2.93. The molecule has 2 atom stereocenters. The maximum atomic E-state index is 13.8. The summed E-state index contributed by atoms with van der Waals surface area (Å²) < 4.78 is 13.8. The molecule has 1 aromatic rings. The normalized spacial score (nSPS) is 23.4. The highest BCUT2D eigenvalue weighted by Gasteiger charge is 2.29. The Balaban J connectivity index is 0.00000144. The summed E-state index contributed by atoms with van der Waals surface area (Å²) >= 11 is 0. The highest BCUT2D eigenvalue weighted by molar-refractivity contribution is 5.85. The average molecular weight is 378 g/mol. The molecule has 1 saturated heterocycles. The van der Waals surface area contributed by atoms with Crippen LogP contribution in [0, 0.1) is 11.7 Å². The summed E-state index contributed by atoms with van der Waals surface area (Å²) in [5.74, 6) is 0.354. The Labute approximate surface area is 155 Å². The van der Waals surface area contributed by atoms with Crippen molar-refractivity contribution in [3.05, 3.63) is 30.1 Å². The summed E-state index contributed by atoms with van der Waals surface area (Å²) in [6.45, 7) is 2.69. The highest BCUT2D eigenvalue weighted by atomic mass is 35.5. The minimum Gasteiger partial charge on any atom is -0.366 e. The molecule has 4 nitrogen and oxygen atoms in total. The summed E-state index contributed by atoms with van der Waals surface area (Å²) in [4.78, 5) is 16.3. The van der Waals surface area contributed by atoms with E-state index < -0.39 is 0 Å². The van der Waals surface area contributed by atoms with E-state index in [1.807, 2.05) is 15.9 Å². The maximum Gasteiger partial charge on any atom is 0.223 e. The molecule has 1 aromatic carbocycles. The van der Waals surface area contributed by atoms with Crippen LogP contribution >= 0.6 is 24.8 Å². The van der Waals surface area contributed by atoms with E-state index in [1.165, 1.54) is 6.07 Å². The molecule has 0 bridgehead atoms. The Kier molecular flexibility index (Phi) is 8.27. The number of para-hydroxylation sites is 1. The number of carbonyl (C=O) groups excluding carboxylic acids is 1. The fourth-order valence-corrected chi connectivity index (χ4v) is 3.58. The second-order valence-electron chi connectivity index (χ2n) is 6.38. The third-order valence-corrected chi connectivity index (χ3v) is 4.98. The van der Waals surface area contributed by atoms with E-state index in [4.69, 9.17) is 5.73 Å². The number of carbonyl (C=O) groups is 1. The van der Waals surface area contributed by atoms with Crippen molar-refractivity contribution in [3.63, 3.8) is 0 Å². The predicted molar refractivity (Wildman–Crippen MR) is 99.6 cm³/mol. The van der Waals surface area contributed by atoms with Crippen LogP contribution in [-0.4, -0.2) is 43.0 Å². The van der Waals surface area contributed by atoms with Crippen molar-refractivity contribution in [1.29, 1.82) is 0 Å². The summed E-state index contributed by atoms with van der Waals surface area (Å²) in [7, 11) is 0. The number of hydrogen-bond acceptors (Lipinski definition) is 3. The Morgan fingerprint density at radius 1 is 1.12 bits per heavy atom. The lowest BCUT2D eigenvalue weighted by Crippen LogP contribution is -2.49. The fraction of sp³-hybridized carbons (Fsp3) is 0.588. The van der Waals surface area contributed by atoms with E-state index in [-0.39, 0.29) is 42.6 Å². The van der Waals surface area contributed by atoms with Gasteiger partial charge in [0.2, 0.25) is 5.91 Å². The van der Waals surface area contributed by atoms with Gasteiger partial charge in [-0.2, -0.15) is 0 Å². The predicted octanol–water partition coefficient (Wildman–Crippen LogP) is 2.84. The van der Waals surface area contributed by atoms with Crippen LogP contribution in [0.25, 0.3) is 0 Å². The molecule has 3 rings (SSSR count). The van der Waals surface area contributed by atoms with Crippen molar-refractivity contribution in [1.82, 2.24) is 4.90 Å². The van der Waals surface area contributed by atoms with Crippen molar-refractivity contribution in [2.24, 2.45) is 11.7 Å². The minimum absolute atomic E-state index is 0. The monoisotopic (exact) mass is 377 g/mol. The molecule has 1 aliphatic heterocycles. The van der Waals surface area contributed by atoms with Gasteiger partial charge in [0.1, 0.15) is 5.82 Å². The molecule has 136 valence electrons. The van der Waals surface area contributed by atoms with Crippen molar-refractivity contribution in [3.8, 4) is 0 Å². The van der Waals surface area contributed by atoms with Gasteiger partial charge in [0.15, 0.2) is 0 Å². The molecule has 0 spiro atoms. The van der Waals surface area contributed by atoms with Gasteiger partial charge < -0.3 is 15.5 Å². The number of rotatable bonds is 3. The maximum absolute atomic E-state index is 13.8. The standard InChI is InChI=1S/C17H24FN3O.2ClH/c18-14-5-1-2-7-16(14)20-8-10-21(11-9-20)17(22)12-13-4-3-6-15(13)19;;/h1-2,5,7,13,15H,3-4,6,8-12,19H2;2*1H/t13-,15+;;/m0../s1. The molecule has 0 radical (unpaired) electrons. The van der Waals surface area contributed by atoms with Crippen LogP contribution in [0.4, 0.5) is 10.1 Å². The summed E-state index contributed by atoms with van der Waals surface area (Å²) in [5, 5.41) is 0. The van der Waals surface area contributed by atoms with Crippen LogP contribution in [0.5, 0.6) is 0 Å². The van der Waals surface area contributed by atoms with Crippen LogP contribution in [-0.2, 0) is 4.79 Å². The molecule has 0 aromatic heterocycles. The van der Waals surface area contributed by atoms with Gasteiger partial charge in [0.25, 0.3) is 0 Å². The molecule has 2 aliphatic rings. The number of nitrogens with two attached hydrogens (primary N) is 1. The van der Waals surface area contributed by atoms with Gasteiger partial charge in [-0.15, -0.1) is 24.8 Å². The van der Waals surface area contributed by atoms with Gasteiger partial charge in [-0.25, -0.2) is 4.39 Å². The summed E-state index contributed by atoms with van der Waals surface area (Å²) in [6, 6.07) is 7.00. The molecule has 1 saturated carbocycles. The second-order valence-corrected chi connectivity index (χ2v) is 6.38. The van der Waals surface area contributed by atoms with E-state index in [1.54, 1.807) is 12.1 Å². The number of benzene rings is 1. The van der Waals surface area contributed by atoms with Gasteiger partial charge >= 0.3 is 0 Å². The number of nitrogens with zero attached hydrogens (tertiary/aromatic N) is 2. The van der Waals surface area contributed by atoms with Gasteiger partial charge in [0.05, 0.1) is 5.69 Å². The lowest BCUT2D eigenvalue weighted by Gasteiger charge is -2.36. The van der Waals surface area contributed by atoms with Crippen LogP contribution in [0.1, 0.15) is 25.7 Å². The second kappa shape index (κ2) is 9.44. The van der Waals surface area contributed by atoms with E-state index >= 15 is 0 Å². The summed E-state index contributed by atoms with van der Waals surface area (Å²) in [5.41, 5.74) is 6.68. The molecule has 7 heteroatoms. The number of amides is 1. The van der Waals surface area contributed by atoms with E-state index in [2.05, 4.69) is 0 Å². The first-order chi connectivity index (χ1) is 10.6. The topological polar surface area (TPSA) is 49.6 Å². The van der Waals surface area contributed by atoms with Crippen LogP contribution in [0.2, 0.25) is 0 Å². The van der Waals surface area contributed by atoms with Crippen LogP contribution < -0.4 is 10.6 Å². The third-order valence-electron chi connectivity index (χ3n) is 4.98. The minimum atomic E-state index is -0.195. The van der Waals surface area contributed by atoms with Crippen molar-refractivity contribution >= 4 is 36.4 Å². The van der Waals surface area contributed by atoms with Crippen LogP contribution in [0.3, 0.4) is 0 Å². The SMILES string of the molecule is Cl.Cl.N[C@@H]1CCC[C@H]1CC(=O)N1CCN(c2ccccc2F)CC1. The number of halogens is 3. The summed E-state index contributed by atoms with van der Waals surface area (Å²) in [6.07, 6.45) is 3.82. The van der Waals surface area contributed by atoms with Gasteiger partial charge in [0, 0.05) is 38.6 Å².